The Bertz CT molecular complexity index is 692. The van der Waals surface area contributed by atoms with Crippen LogP contribution in [0.5, 0.6) is 0 Å². The molecule has 10 heteroatoms. The normalized spacial score (nSPS) is 18.0. The van der Waals surface area contributed by atoms with Crippen LogP contribution in [0.3, 0.4) is 0 Å². The molecule has 2 N–H and O–H groups in total. The molecule has 1 amide bonds. The van der Waals surface area contributed by atoms with Crippen molar-refractivity contribution in [3.63, 3.8) is 0 Å². The van der Waals surface area contributed by atoms with E-state index in [-0.39, 0.29) is 42.5 Å². The first-order valence-corrected chi connectivity index (χ1v) is 9.20. The van der Waals surface area contributed by atoms with Gasteiger partial charge in [-0.05, 0) is 37.5 Å². The number of ether oxygens (including phenoxy) is 1. The number of hydrogen-bond acceptors (Lipinski definition) is 3. The number of hydrogen-bond donors (Lipinski definition) is 2. The third kappa shape index (κ3) is 8.37. The zero-order chi connectivity index (χ0) is 20.7. The van der Waals surface area contributed by atoms with Gasteiger partial charge in [-0.15, -0.1) is 24.0 Å². The topological polar surface area (TPSA) is 66.0 Å². The second-order valence-electron chi connectivity index (χ2n) is 6.96. The molecule has 2 atom stereocenters. The predicted octanol–water partition coefficient (Wildman–Crippen LogP) is 3.19. The molecule has 1 aromatic carbocycles. The van der Waals surface area contributed by atoms with Crippen LogP contribution in [0.4, 0.5) is 13.2 Å². The Morgan fingerprint density at radius 2 is 2.10 bits per heavy atom. The minimum atomic E-state index is -4.40. The molecule has 1 fully saturated rings. The highest BCUT2D eigenvalue weighted by Crippen LogP contribution is 2.30. The number of carbonyl (C=O) groups is 1. The lowest BCUT2D eigenvalue weighted by atomic mass is 10.1. The Balaban J connectivity index is 0.00000420. The first kappa shape index (κ1) is 25.5. The number of carbonyl (C=O) groups excluding carboxylic acids is 1. The quantitative estimate of drug-likeness (QED) is 0.339. The first-order valence-electron chi connectivity index (χ1n) is 9.20. The van der Waals surface area contributed by atoms with Gasteiger partial charge in [-0.25, -0.2) is 4.99 Å². The van der Waals surface area contributed by atoms with Crippen LogP contribution in [-0.4, -0.2) is 56.7 Å². The maximum Gasteiger partial charge on any atom is 0.416 e. The van der Waals surface area contributed by atoms with Crippen LogP contribution in [0.15, 0.2) is 29.3 Å². The van der Waals surface area contributed by atoms with E-state index in [2.05, 4.69) is 15.6 Å². The molecule has 2 rings (SSSR count). The molecule has 0 spiro atoms. The number of benzene rings is 1. The van der Waals surface area contributed by atoms with Gasteiger partial charge in [0, 0.05) is 27.2 Å². The molecule has 0 aromatic heterocycles. The van der Waals surface area contributed by atoms with Gasteiger partial charge < -0.3 is 20.3 Å². The van der Waals surface area contributed by atoms with Crippen LogP contribution in [0.2, 0.25) is 0 Å². The molecule has 1 aliphatic heterocycles. The first-order chi connectivity index (χ1) is 13.2. The van der Waals surface area contributed by atoms with Gasteiger partial charge in [0.25, 0.3) is 0 Å². The minimum Gasteiger partial charge on any atom is -0.376 e. The molecular weight excluding hydrogens is 500 g/mol. The number of rotatable bonds is 6. The molecule has 1 heterocycles. The van der Waals surface area contributed by atoms with Gasteiger partial charge in [0.05, 0.1) is 17.7 Å². The number of guanidine groups is 1. The molecule has 1 saturated heterocycles. The number of alkyl halides is 3. The molecule has 0 radical (unpaired) electrons. The monoisotopic (exact) mass is 528 g/mol. The average Bonchev–Trinajstić information content (AvgIpc) is 3.16. The van der Waals surface area contributed by atoms with E-state index in [9.17, 15) is 18.0 Å². The zero-order valence-corrected chi connectivity index (χ0v) is 19.1. The molecule has 1 aliphatic rings. The van der Waals surface area contributed by atoms with Crippen molar-refractivity contribution in [3.8, 4) is 0 Å². The van der Waals surface area contributed by atoms with E-state index < -0.39 is 17.8 Å². The number of nitrogens with zero attached hydrogens (tertiary/aromatic N) is 2. The van der Waals surface area contributed by atoms with Crippen molar-refractivity contribution in [1.82, 2.24) is 15.5 Å². The fraction of sp³-hybridized carbons (Fsp3) is 0.579. The highest BCUT2D eigenvalue weighted by molar-refractivity contribution is 14.0. The SMILES string of the molecule is CC(NC(=NCC(=O)N(C)C)NCC1CCCO1)c1cccc(C(F)(F)F)c1.I. The van der Waals surface area contributed by atoms with Gasteiger partial charge in [-0.3, -0.25) is 4.79 Å². The van der Waals surface area contributed by atoms with Crippen molar-refractivity contribution in [3.05, 3.63) is 35.4 Å². The average molecular weight is 528 g/mol. The lowest BCUT2D eigenvalue weighted by molar-refractivity contribution is -0.137. The van der Waals surface area contributed by atoms with Crippen molar-refractivity contribution in [1.29, 1.82) is 0 Å². The number of likely N-dealkylation sites (N-methyl/N-ethyl adjacent to an activating group) is 1. The van der Waals surface area contributed by atoms with Gasteiger partial charge in [-0.1, -0.05) is 12.1 Å². The minimum absolute atomic E-state index is 0. The summed E-state index contributed by atoms with van der Waals surface area (Å²) in [6, 6.07) is 4.71. The van der Waals surface area contributed by atoms with Crippen LogP contribution in [-0.2, 0) is 15.7 Å². The summed E-state index contributed by atoms with van der Waals surface area (Å²) in [5.74, 6) is 0.181. The molecular formula is C19H28F3IN4O2. The van der Waals surface area contributed by atoms with Gasteiger partial charge >= 0.3 is 6.18 Å². The second kappa shape index (κ2) is 11.6. The molecule has 0 saturated carbocycles. The molecule has 1 aromatic rings. The maximum atomic E-state index is 13.0. The molecule has 6 nitrogen and oxygen atoms in total. The van der Waals surface area contributed by atoms with E-state index in [1.807, 2.05) is 0 Å². The number of halogens is 4. The van der Waals surface area contributed by atoms with Crippen LogP contribution < -0.4 is 10.6 Å². The molecule has 164 valence electrons. The van der Waals surface area contributed by atoms with Gasteiger partial charge in [0.1, 0.15) is 6.54 Å². The van der Waals surface area contributed by atoms with Crippen LogP contribution >= 0.6 is 24.0 Å². The van der Waals surface area contributed by atoms with E-state index >= 15 is 0 Å². The summed E-state index contributed by atoms with van der Waals surface area (Å²) < 4.78 is 44.4. The van der Waals surface area contributed by atoms with Crippen LogP contribution in [0, 0.1) is 0 Å². The largest absolute Gasteiger partial charge is 0.416 e. The van der Waals surface area contributed by atoms with E-state index in [1.165, 1.54) is 11.0 Å². The summed E-state index contributed by atoms with van der Waals surface area (Å²) in [5.41, 5.74) is -0.229. The molecule has 29 heavy (non-hydrogen) atoms. The third-order valence-corrected chi connectivity index (χ3v) is 4.46. The number of nitrogens with one attached hydrogen (secondary N) is 2. The van der Waals surface area contributed by atoms with Crippen molar-refractivity contribution in [2.45, 2.75) is 38.1 Å². The molecule has 0 aliphatic carbocycles. The van der Waals surface area contributed by atoms with Crippen molar-refractivity contribution in [2.75, 3.05) is 33.8 Å². The summed E-state index contributed by atoms with van der Waals surface area (Å²) in [6.45, 7) is 2.90. The lowest BCUT2D eigenvalue weighted by Crippen LogP contribution is -2.42. The predicted molar refractivity (Wildman–Crippen MR) is 116 cm³/mol. The highest BCUT2D eigenvalue weighted by atomic mass is 127. The standard InChI is InChI=1S/C19H27F3N4O2.HI/c1-13(14-6-4-7-15(10-14)19(20,21)22)25-18(24-12-17(27)26(2)3)23-11-16-8-5-9-28-16;/h4,6-7,10,13,16H,5,8-9,11-12H2,1-3H3,(H2,23,24,25);1H. The molecule has 2 unspecified atom stereocenters. The highest BCUT2D eigenvalue weighted by Gasteiger charge is 2.30. The Labute approximate surface area is 186 Å². The smallest absolute Gasteiger partial charge is 0.376 e. The van der Waals surface area contributed by atoms with Crippen molar-refractivity contribution < 1.29 is 22.7 Å². The van der Waals surface area contributed by atoms with Crippen LogP contribution in [0.25, 0.3) is 0 Å². The van der Waals surface area contributed by atoms with Crippen molar-refractivity contribution in [2.24, 2.45) is 4.99 Å². The molecule has 0 bridgehead atoms. The van der Waals surface area contributed by atoms with Crippen molar-refractivity contribution >= 4 is 35.8 Å². The summed E-state index contributed by atoms with van der Waals surface area (Å²) in [5, 5.41) is 6.20. The van der Waals surface area contributed by atoms with E-state index in [0.29, 0.717) is 24.7 Å². The van der Waals surface area contributed by atoms with Gasteiger partial charge in [0.15, 0.2) is 5.96 Å². The Morgan fingerprint density at radius 1 is 1.38 bits per heavy atom. The Hall–Kier alpha value is -1.56. The summed E-state index contributed by atoms with van der Waals surface area (Å²) in [4.78, 5) is 17.5. The summed E-state index contributed by atoms with van der Waals surface area (Å²) in [7, 11) is 3.27. The Morgan fingerprint density at radius 3 is 2.69 bits per heavy atom. The Kier molecular flexibility index (Phi) is 10.2. The second-order valence-corrected chi connectivity index (χ2v) is 6.96. The lowest BCUT2D eigenvalue weighted by Gasteiger charge is -2.21. The van der Waals surface area contributed by atoms with E-state index in [4.69, 9.17) is 4.74 Å². The number of aliphatic imine (C=N–C) groups is 1. The number of amides is 1. The zero-order valence-electron chi connectivity index (χ0n) is 16.8. The summed E-state index contributed by atoms with van der Waals surface area (Å²) >= 11 is 0. The third-order valence-electron chi connectivity index (χ3n) is 4.46. The van der Waals surface area contributed by atoms with E-state index in [0.717, 1.165) is 25.0 Å². The maximum absolute atomic E-state index is 13.0. The van der Waals surface area contributed by atoms with E-state index in [1.54, 1.807) is 27.1 Å². The van der Waals surface area contributed by atoms with Gasteiger partial charge in [0.2, 0.25) is 5.91 Å². The summed E-state index contributed by atoms with van der Waals surface area (Å²) in [6.07, 6.45) is -2.42. The fourth-order valence-electron chi connectivity index (χ4n) is 2.73. The fourth-order valence-corrected chi connectivity index (χ4v) is 2.73. The van der Waals surface area contributed by atoms with Gasteiger partial charge in [-0.2, -0.15) is 13.2 Å². The van der Waals surface area contributed by atoms with Crippen LogP contribution in [0.1, 0.15) is 36.9 Å².